The first kappa shape index (κ1) is 42.9. The standard InChI is InChI=1S/C14H27N3O.C12H20N2O2.C10H19N3O/c1-13(2,3)8-7-9-17-10-12(15-16-17)11-18-14(4,5)6;1-12(2,3)6-5-7-14-9-8(13-4)10(15)11(9)16;1-10(2,3)5-4-6-13-7-9(8-14)11-12-13/h10H,7-9,11H2,1-6H3;13-14H,5-7H2,1-4H3;7,14H,4-6,8H2,1-3H3. The SMILES string of the molecule is CC(C)(C)CCCn1cc(CO)nn1.CC(C)(C)CCCn1cc(COC(C)(C)C)nn1.CNc1c(NCCCC(C)(C)C)c(=O)c1=O. The molecule has 3 N–H and O–H groups in total. The fourth-order valence-electron chi connectivity index (χ4n) is 4.50. The minimum absolute atomic E-state index is 0.0285. The molecule has 0 aliphatic heterocycles. The van der Waals surface area contributed by atoms with E-state index in [1.807, 2.05) is 31.6 Å². The van der Waals surface area contributed by atoms with Gasteiger partial charge in [-0.15, -0.1) is 10.2 Å². The topological polar surface area (TPSA) is 149 Å². The number of aromatic nitrogens is 6. The molecule has 12 heteroatoms. The summed E-state index contributed by atoms with van der Waals surface area (Å²) in [5.41, 5.74) is 2.53. The molecule has 0 fully saturated rings. The molecule has 0 amide bonds. The van der Waals surface area contributed by atoms with Crippen molar-refractivity contribution in [2.45, 2.75) is 154 Å². The Bertz CT molecular complexity index is 1390. The number of aliphatic hydroxyl groups is 1. The van der Waals surface area contributed by atoms with Crippen LogP contribution in [0, 0.1) is 16.2 Å². The number of hydrogen-bond donors (Lipinski definition) is 3. The van der Waals surface area contributed by atoms with Crippen LogP contribution in [0.1, 0.15) is 133 Å². The molecule has 0 saturated heterocycles. The molecule has 48 heavy (non-hydrogen) atoms. The molecule has 12 nitrogen and oxygen atoms in total. The van der Waals surface area contributed by atoms with E-state index in [0.717, 1.165) is 51.0 Å². The summed E-state index contributed by atoms with van der Waals surface area (Å²) in [7, 11) is 1.65. The Labute approximate surface area is 289 Å². The summed E-state index contributed by atoms with van der Waals surface area (Å²) in [5.74, 6) is 0. The zero-order valence-electron chi connectivity index (χ0n) is 32.3. The van der Waals surface area contributed by atoms with Gasteiger partial charge < -0.3 is 20.5 Å². The van der Waals surface area contributed by atoms with Crippen LogP contribution in [0.4, 0.5) is 11.4 Å². The molecule has 2 heterocycles. The Balaban J connectivity index is 0.000000363. The fraction of sp³-hybridized carbons (Fsp3) is 0.778. The van der Waals surface area contributed by atoms with Crippen molar-refractivity contribution in [3.8, 4) is 0 Å². The van der Waals surface area contributed by atoms with Crippen LogP contribution in [-0.2, 0) is 31.0 Å². The third-order valence-electron chi connectivity index (χ3n) is 7.18. The van der Waals surface area contributed by atoms with Gasteiger partial charge in [0.1, 0.15) is 22.8 Å². The van der Waals surface area contributed by atoms with Crippen LogP contribution >= 0.6 is 0 Å². The van der Waals surface area contributed by atoms with E-state index in [0.29, 0.717) is 39.9 Å². The first-order chi connectivity index (χ1) is 22.0. The van der Waals surface area contributed by atoms with E-state index >= 15 is 0 Å². The van der Waals surface area contributed by atoms with Crippen LogP contribution in [0.15, 0.2) is 22.0 Å². The summed E-state index contributed by atoms with van der Waals surface area (Å²) in [5, 5.41) is 30.5. The number of anilines is 2. The highest BCUT2D eigenvalue weighted by Crippen LogP contribution is 2.22. The summed E-state index contributed by atoms with van der Waals surface area (Å²) in [6.45, 7) is 29.2. The van der Waals surface area contributed by atoms with Crippen LogP contribution in [0.25, 0.3) is 0 Å². The van der Waals surface area contributed by atoms with Crippen LogP contribution in [0.2, 0.25) is 0 Å². The normalized spacial score (nSPS) is 12.3. The van der Waals surface area contributed by atoms with E-state index < -0.39 is 10.9 Å². The number of nitrogens with zero attached hydrogens (tertiary/aromatic N) is 6. The first-order valence-corrected chi connectivity index (χ1v) is 17.3. The lowest BCUT2D eigenvalue weighted by molar-refractivity contribution is -0.0165. The zero-order valence-corrected chi connectivity index (χ0v) is 32.3. The number of aryl methyl sites for hydroxylation is 2. The number of rotatable bonds is 14. The summed E-state index contributed by atoms with van der Waals surface area (Å²) >= 11 is 0. The second kappa shape index (κ2) is 19.2. The third-order valence-corrected chi connectivity index (χ3v) is 7.18. The minimum Gasteiger partial charge on any atom is -0.390 e. The lowest BCUT2D eigenvalue weighted by atomic mass is 9.90. The van der Waals surface area contributed by atoms with Gasteiger partial charge in [-0.25, -0.2) is 0 Å². The smallest absolute Gasteiger partial charge is 0.253 e. The van der Waals surface area contributed by atoms with Gasteiger partial charge in [-0.2, -0.15) is 0 Å². The number of hydrogen-bond acceptors (Lipinski definition) is 10. The van der Waals surface area contributed by atoms with E-state index in [4.69, 9.17) is 9.84 Å². The van der Waals surface area contributed by atoms with E-state index in [9.17, 15) is 9.59 Å². The summed E-state index contributed by atoms with van der Waals surface area (Å²) in [4.78, 5) is 22.3. The number of nitrogens with one attached hydrogen (secondary N) is 2. The Morgan fingerprint density at radius 3 is 1.54 bits per heavy atom. The molecule has 0 aliphatic carbocycles. The van der Waals surface area contributed by atoms with Crippen molar-refractivity contribution in [3.63, 3.8) is 0 Å². The molecule has 1 aromatic carbocycles. The van der Waals surface area contributed by atoms with Crippen molar-refractivity contribution >= 4 is 11.4 Å². The van der Waals surface area contributed by atoms with E-state index in [-0.39, 0.29) is 12.2 Å². The molecule has 274 valence electrons. The van der Waals surface area contributed by atoms with Gasteiger partial charge in [0.25, 0.3) is 10.9 Å². The fourth-order valence-corrected chi connectivity index (χ4v) is 4.50. The average molecular weight is 675 g/mol. The van der Waals surface area contributed by atoms with Crippen molar-refractivity contribution in [3.05, 3.63) is 44.2 Å². The predicted molar refractivity (Wildman–Crippen MR) is 196 cm³/mol. The van der Waals surface area contributed by atoms with Crippen molar-refractivity contribution in [2.75, 3.05) is 24.2 Å². The van der Waals surface area contributed by atoms with E-state index in [1.54, 1.807) is 17.9 Å². The quantitative estimate of drug-likeness (QED) is 0.126. The maximum Gasteiger partial charge on any atom is 0.253 e. The minimum atomic E-state index is -0.416. The second-order valence-electron chi connectivity index (χ2n) is 17.1. The average Bonchev–Trinajstić information content (AvgIpc) is 3.61. The molecule has 0 spiro atoms. The monoisotopic (exact) mass is 675 g/mol. The Morgan fingerprint density at radius 1 is 0.688 bits per heavy atom. The molecule has 0 unspecified atom stereocenters. The number of aliphatic hydroxyl groups excluding tert-OH is 1. The lowest BCUT2D eigenvalue weighted by Gasteiger charge is -2.18. The van der Waals surface area contributed by atoms with Gasteiger partial charge >= 0.3 is 0 Å². The van der Waals surface area contributed by atoms with Gasteiger partial charge in [0, 0.05) is 26.7 Å². The highest BCUT2D eigenvalue weighted by Gasteiger charge is 2.19. The molecule has 3 aromatic rings. The molecule has 0 aliphatic rings. The third kappa shape index (κ3) is 19.0. The zero-order chi connectivity index (χ0) is 36.8. The van der Waals surface area contributed by atoms with E-state index in [1.165, 1.54) is 12.8 Å². The second-order valence-corrected chi connectivity index (χ2v) is 17.1. The maximum absolute atomic E-state index is 11.2. The molecule has 0 saturated carbocycles. The van der Waals surface area contributed by atoms with E-state index in [2.05, 4.69) is 93.6 Å². The van der Waals surface area contributed by atoms with Crippen LogP contribution in [0.5, 0.6) is 0 Å². The van der Waals surface area contributed by atoms with Crippen LogP contribution in [0.3, 0.4) is 0 Å². The predicted octanol–water partition coefficient (Wildman–Crippen LogP) is 6.58. The largest absolute Gasteiger partial charge is 0.390 e. The van der Waals surface area contributed by atoms with Crippen LogP contribution < -0.4 is 21.5 Å². The van der Waals surface area contributed by atoms with Gasteiger partial charge in [-0.1, -0.05) is 72.7 Å². The molecular formula is C36H66N8O4. The van der Waals surface area contributed by atoms with Crippen molar-refractivity contribution < 1.29 is 9.84 Å². The Kier molecular flexibility index (Phi) is 17.1. The van der Waals surface area contributed by atoms with Crippen molar-refractivity contribution in [2.24, 2.45) is 16.2 Å². The Hall–Kier alpha value is -3.12. The maximum atomic E-state index is 11.2. The molecule has 3 rings (SSSR count). The van der Waals surface area contributed by atoms with Gasteiger partial charge in [0.15, 0.2) is 0 Å². The summed E-state index contributed by atoms with van der Waals surface area (Å²) in [6, 6.07) is 0. The highest BCUT2D eigenvalue weighted by molar-refractivity contribution is 5.73. The lowest BCUT2D eigenvalue weighted by Crippen LogP contribution is -2.37. The molecule has 2 aromatic heterocycles. The van der Waals surface area contributed by atoms with Gasteiger partial charge in [0.2, 0.25) is 0 Å². The van der Waals surface area contributed by atoms with Crippen molar-refractivity contribution in [1.29, 1.82) is 0 Å². The first-order valence-electron chi connectivity index (χ1n) is 17.3. The summed E-state index contributed by atoms with van der Waals surface area (Å²) < 4.78 is 9.37. The van der Waals surface area contributed by atoms with Gasteiger partial charge in [-0.3, -0.25) is 19.0 Å². The molecule has 0 atom stereocenters. The molecule has 0 bridgehead atoms. The van der Waals surface area contributed by atoms with Crippen molar-refractivity contribution in [1.82, 2.24) is 30.0 Å². The summed E-state index contributed by atoms with van der Waals surface area (Å²) in [6.07, 6.45) is 10.4. The number of ether oxygens (including phenoxy) is 1. The van der Waals surface area contributed by atoms with Crippen LogP contribution in [-0.4, -0.2) is 54.3 Å². The molecular weight excluding hydrogens is 608 g/mol. The molecule has 0 radical (unpaired) electrons. The highest BCUT2D eigenvalue weighted by atomic mass is 16.5. The Morgan fingerprint density at radius 2 is 1.12 bits per heavy atom. The van der Waals surface area contributed by atoms with Gasteiger partial charge in [0.05, 0.1) is 31.2 Å². The van der Waals surface area contributed by atoms with Gasteiger partial charge in [-0.05, 0) is 75.5 Å².